The Bertz CT molecular complexity index is 300. The van der Waals surface area contributed by atoms with Crippen LogP contribution in [0.4, 0.5) is 0 Å². The molecule has 2 heterocycles. The summed E-state index contributed by atoms with van der Waals surface area (Å²) in [5.41, 5.74) is 0.862. The van der Waals surface area contributed by atoms with Crippen LogP contribution in [0.25, 0.3) is 0 Å². The van der Waals surface area contributed by atoms with Gasteiger partial charge >= 0.3 is 5.97 Å². The van der Waals surface area contributed by atoms with Crippen LogP contribution in [0.5, 0.6) is 0 Å². The average molecular weight is 223 g/mol. The van der Waals surface area contributed by atoms with Gasteiger partial charge in [-0.2, -0.15) is 0 Å². The van der Waals surface area contributed by atoms with E-state index in [9.17, 15) is 4.79 Å². The minimum absolute atomic E-state index is 0.191. The molecule has 0 aromatic rings. The van der Waals surface area contributed by atoms with Gasteiger partial charge in [-0.1, -0.05) is 5.57 Å². The highest BCUT2D eigenvalue weighted by molar-refractivity contribution is 5.83. The van der Waals surface area contributed by atoms with Crippen molar-refractivity contribution in [2.75, 3.05) is 0 Å². The lowest BCUT2D eigenvalue weighted by Crippen LogP contribution is -2.35. The SMILES string of the molecule is CC(C)(C)OC(=O)C=C1CC2CCC(C1)N2. The van der Waals surface area contributed by atoms with E-state index in [1.165, 1.54) is 18.4 Å². The van der Waals surface area contributed by atoms with E-state index in [0.717, 1.165) is 12.8 Å². The number of fused-ring (bicyclic) bond motifs is 2. The monoisotopic (exact) mass is 223 g/mol. The standard InChI is InChI=1S/C13H21NO2/c1-13(2,3)16-12(15)8-9-6-10-4-5-11(7-9)14-10/h8,10-11,14H,4-7H2,1-3H3. The molecule has 2 atom stereocenters. The molecule has 3 nitrogen and oxygen atoms in total. The van der Waals surface area contributed by atoms with Crippen molar-refractivity contribution in [3.63, 3.8) is 0 Å². The number of carbonyl (C=O) groups is 1. The fourth-order valence-corrected chi connectivity index (χ4v) is 2.56. The Morgan fingerprint density at radius 1 is 1.31 bits per heavy atom. The molecule has 90 valence electrons. The molecule has 2 fully saturated rings. The normalized spacial score (nSPS) is 29.1. The molecule has 2 aliphatic heterocycles. The second kappa shape index (κ2) is 4.21. The van der Waals surface area contributed by atoms with E-state index in [1.54, 1.807) is 6.08 Å². The largest absolute Gasteiger partial charge is 0.457 e. The second-order valence-corrected chi connectivity index (χ2v) is 5.88. The van der Waals surface area contributed by atoms with E-state index < -0.39 is 0 Å². The van der Waals surface area contributed by atoms with Crippen LogP contribution in [0, 0.1) is 0 Å². The van der Waals surface area contributed by atoms with Gasteiger partial charge in [0.15, 0.2) is 0 Å². The molecule has 0 amide bonds. The minimum Gasteiger partial charge on any atom is -0.457 e. The molecule has 0 aliphatic carbocycles. The maximum atomic E-state index is 11.6. The van der Waals surface area contributed by atoms with E-state index in [1.807, 2.05) is 20.8 Å². The topological polar surface area (TPSA) is 38.3 Å². The van der Waals surface area contributed by atoms with Crippen LogP contribution in [0.3, 0.4) is 0 Å². The third kappa shape index (κ3) is 3.08. The van der Waals surface area contributed by atoms with E-state index in [4.69, 9.17) is 4.74 Å². The van der Waals surface area contributed by atoms with Crippen molar-refractivity contribution in [3.05, 3.63) is 11.6 Å². The molecule has 2 rings (SSSR count). The third-order valence-electron chi connectivity index (χ3n) is 3.08. The number of rotatable bonds is 1. The van der Waals surface area contributed by atoms with Crippen molar-refractivity contribution in [1.29, 1.82) is 0 Å². The summed E-state index contributed by atoms with van der Waals surface area (Å²) in [5.74, 6) is -0.191. The summed E-state index contributed by atoms with van der Waals surface area (Å²) in [4.78, 5) is 11.6. The molecular weight excluding hydrogens is 202 g/mol. The Morgan fingerprint density at radius 2 is 1.88 bits per heavy atom. The van der Waals surface area contributed by atoms with E-state index in [2.05, 4.69) is 5.32 Å². The predicted molar refractivity (Wildman–Crippen MR) is 63.1 cm³/mol. The first-order chi connectivity index (χ1) is 7.42. The van der Waals surface area contributed by atoms with E-state index in [-0.39, 0.29) is 11.6 Å². The molecule has 0 spiro atoms. The molecule has 2 saturated heterocycles. The number of nitrogens with one attached hydrogen (secondary N) is 1. The third-order valence-corrected chi connectivity index (χ3v) is 3.08. The van der Waals surface area contributed by atoms with Crippen LogP contribution in [0.1, 0.15) is 46.5 Å². The molecule has 0 saturated carbocycles. The molecule has 0 aromatic heterocycles. The molecule has 0 aromatic carbocycles. The Morgan fingerprint density at radius 3 is 2.38 bits per heavy atom. The summed E-state index contributed by atoms with van der Waals surface area (Å²) in [7, 11) is 0. The van der Waals surface area contributed by atoms with Crippen molar-refractivity contribution in [3.8, 4) is 0 Å². The average Bonchev–Trinajstić information content (AvgIpc) is 2.42. The number of carbonyl (C=O) groups excluding carboxylic acids is 1. The van der Waals surface area contributed by atoms with Crippen LogP contribution < -0.4 is 5.32 Å². The van der Waals surface area contributed by atoms with Crippen molar-refractivity contribution in [1.82, 2.24) is 5.32 Å². The van der Waals surface area contributed by atoms with Crippen LogP contribution in [0.15, 0.2) is 11.6 Å². The first-order valence-corrected chi connectivity index (χ1v) is 6.11. The lowest BCUT2D eigenvalue weighted by Gasteiger charge is -2.24. The summed E-state index contributed by atoms with van der Waals surface area (Å²) in [5, 5.41) is 3.55. The van der Waals surface area contributed by atoms with Gasteiger partial charge in [-0.15, -0.1) is 0 Å². The minimum atomic E-state index is -0.389. The molecule has 1 N–H and O–H groups in total. The summed E-state index contributed by atoms with van der Waals surface area (Å²) in [6, 6.07) is 1.18. The summed E-state index contributed by atoms with van der Waals surface area (Å²) in [6.07, 6.45) is 6.22. The first-order valence-electron chi connectivity index (χ1n) is 6.11. The van der Waals surface area contributed by atoms with Gasteiger partial charge in [-0.3, -0.25) is 0 Å². The lowest BCUT2D eigenvalue weighted by atomic mass is 9.99. The first kappa shape index (κ1) is 11.6. The van der Waals surface area contributed by atoms with Gasteiger partial charge in [0, 0.05) is 18.2 Å². The molecule has 16 heavy (non-hydrogen) atoms. The smallest absolute Gasteiger partial charge is 0.331 e. The second-order valence-electron chi connectivity index (χ2n) is 5.88. The predicted octanol–water partition coefficient (Wildman–Crippen LogP) is 2.17. The molecule has 2 bridgehead atoms. The molecule has 2 aliphatic rings. The molecule has 2 unspecified atom stereocenters. The maximum absolute atomic E-state index is 11.6. The van der Waals surface area contributed by atoms with Crippen molar-refractivity contribution in [2.24, 2.45) is 0 Å². The van der Waals surface area contributed by atoms with Crippen LogP contribution in [-0.2, 0) is 9.53 Å². The maximum Gasteiger partial charge on any atom is 0.331 e. The van der Waals surface area contributed by atoms with Gasteiger partial charge in [-0.05, 0) is 46.5 Å². The van der Waals surface area contributed by atoms with Gasteiger partial charge in [0.05, 0.1) is 0 Å². The Kier molecular flexibility index (Phi) is 3.06. The fourth-order valence-electron chi connectivity index (χ4n) is 2.56. The molecule has 3 heteroatoms. The van der Waals surface area contributed by atoms with Crippen LogP contribution >= 0.6 is 0 Å². The van der Waals surface area contributed by atoms with E-state index in [0.29, 0.717) is 12.1 Å². The summed E-state index contributed by atoms with van der Waals surface area (Å²) in [6.45, 7) is 5.70. The Balaban J connectivity index is 1.94. The number of piperidine rings is 1. The molecular formula is C13H21NO2. The number of hydrogen-bond acceptors (Lipinski definition) is 3. The number of esters is 1. The molecule has 0 radical (unpaired) electrons. The highest BCUT2D eigenvalue weighted by Crippen LogP contribution is 2.30. The van der Waals surface area contributed by atoms with Crippen molar-refractivity contribution < 1.29 is 9.53 Å². The highest BCUT2D eigenvalue weighted by atomic mass is 16.6. The Labute approximate surface area is 97.2 Å². The van der Waals surface area contributed by atoms with E-state index >= 15 is 0 Å². The van der Waals surface area contributed by atoms with Gasteiger partial charge in [-0.25, -0.2) is 4.79 Å². The van der Waals surface area contributed by atoms with Gasteiger partial charge in [0.1, 0.15) is 5.60 Å². The van der Waals surface area contributed by atoms with Gasteiger partial charge < -0.3 is 10.1 Å². The number of hydrogen-bond donors (Lipinski definition) is 1. The van der Waals surface area contributed by atoms with Crippen LogP contribution in [0.2, 0.25) is 0 Å². The fraction of sp³-hybridized carbons (Fsp3) is 0.769. The van der Waals surface area contributed by atoms with Crippen molar-refractivity contribution >= 4 is 5.97 Å². The highest BCUT2D eigenvalue weighted by Gasteiger charge is 2.30. The summed E-state index contributed by atoms with van der Waals surface area (Å²) >= 11 is 0. The zero-order valence-electron chi connectivity index (χ0n) is 10.4. The Hall–Kier alpha value is -0.830. The lowest BCUT2D eigenvalue weighted by molar-refractivity contribution is -0.148. The zero-order chi connectivity index (χ0) is 11.8. The van der Waals surface area contributed by atoms with Crippen molar-refractivity contribution in [2.45, 2.75) is 64.1 Å². The summed E-state index contributed by atoms with van der Waals surface area (Å²) < 4.78 is 5.30. The van der Waals surface area contributed by atoms with Gasteiger partial charge in [0.25, 0.3) is 0 Å². The number of ether oxygens (including phenoxy) is 1. The quantitative estimate of drug-likeness (QED) is 0.547. The van der Waals surface area contributed by atoms with Crippen LogP contribution in [-0.4, -0.2) is 23.7 Å². The zero-order valence-corrected chi connectivity index (χ0v) is 10.4. The van der Waals surface area contributed by atoms with Gasteiger partial charge in [0.2, 0.25) is 0 Å².